The number of likely N-dealkylation sites (tertiary alicyclic amines) is 1. The van der Waals surface area contributed by atoms with Crippen LogP contribution in [0, 0.1) is 6.92 Å². The first-order chi connectivity index (χ1) is 10.5. The number of carboxylic acids is 1. The van der Waals surface area contributed by atoms with Crippen LogP contribution in [0.4, 0.5) is 0 Å². The first kappa shape index (κ1) is 14.6. The molecule has 1 aliphatic rings. The largest absolute Gasteiger partial charge is 0.481 e. The van der Waals surface area contributed by atoms with Crippen LogP contribution in [0.25, 0.3) is 11.0 Å². The average Bonchev–Trinajstić information content (AvgIpc) is 3.09. The lowest BCUT2D eigenvalue weighted by atomic mass is 10.2. The molecular formula is C16H19N3O3. The number of hydrogen-bond donors (Lipinski definition) is 2. The molecule has 6 heteroatoms. The summed E-state index contributed by atoms with van der Waals surface area (Å²) in [7, 11) is 0. The zero-order valence-corrected chi connectivity index (χ0v) is 12.5. The van der Waals surface area contributed by atoms with E-state index in [1.54, 1.807) is 4.90 Å². The molecule has 1 amide bonds. The molecule has 116 valence electrons. The normalized spacial score (nSPS) is 18.0. The Morgan fingerprint density at radius 1 is 1.41 bits per heavy atom. The van der Waals surface area contributed by atoms with E-state index in [2.05, 4.69) is 9.97 Å². The minimum Gasteiger partial charge on any atom is -0.481 e. The Morgan fingerprint density at radius 3 is 3.00 bits per heavy atom. The van der Waals surface area contributed by atoms with Crippen molar-refractivity contribution >= 4 is 22.9 Å². The summed E-state index contributed by atoms with van der Waals surface area (Å²) in [5.41, 5.74) is 3.02. The first-order valence-electron chi connectivity index (χ1n) is 7.52. The van der Waals surface area contributed by atoms with E-state index in [0.717, 1.165) is 35.3 Å². The maximum absolute atomic E-state index is 12.2. The fourth-order valence-corrected chi connectivity index (χ4v) is 3.01. The molecule has 0 aliphatic carbocycles. The highest BCUT2D eigenvalue weighted by Crippen LogP contribution is 2.32. The van der Waals surface area contributed by atoms with Crippen LogP contribution in [0.5, 0.6) is 0 Å². The fraction of sp³-hybridized carbons (Fsp3) is 0.438. The summed E-state index contributed by atoms with van der Waals surface area (Å²) in [6.45, 7) is 2.69. The van der Waals surface area contributed by atoms with Gasteiger partial charge >= 0.3 is 5.97 Å². The molecule has 1 saturated heterocycles. The number of fused-ring (bicyclic) bond motifs is 1. The third kappa shape index (κ3) is 2.81. The van der Waals surface area contributed by atoms with E-state index in [4.69, 9.17) is 5.11 Å². The number of aliphatic carboxylic acids is 1. The Bertz CT molecular complexity index is 722. The van der Waals surface area contributed by atoms with E-state index in [1.807, 2.05) is 25.1 Å². The van der Waals surface area contributed by atoms with E-state index in [0.29, 0.717) is 6.54 Å². The molecule has 2 N–H and O–H groups in total. The van der Waals surface area contributed by atoms with E-state index >= 15 is 0 Å². The smallest absolute Gasteiger partial charge is 0.303 e. The van der Waals surface area contributed by atoms with Crippen molar-refractivity contribution in [3.8, 4) is 0 Å². The van der Waals surface area contributed by atoms with Gasteiger partial charge in [-0.15, -0.1) is 0 Å². The number of aromatic nitrogens is 2. The van der Waals surface area contributed by atoms with Crippen LogP contribution < -0.4 is 0 Å². The van der Waals surface area contributed by atoms with Crippen LogP contribution in [0.1, 0.15) is 43.1 Å². The molecule has 6 nitrogen and oxygen atoms in total. The second-order valence-corrected chi connectivity index (χ2v) is 5.78. The Balaban J connectivity index is 1.82. The van der Waals surface area contributed by atoms with Crippen molar-refractivity contribution in [1.82, 2.24) is 14.9 Å². The number of benzene rings is 1. The topological polar surface area (TPSA) is 86.3 Å². The Labute approximate surface area is 128 Å². The summed E-state index contributed by atoms with van der Waals surface area (Å²) >= 11 is 0. The standard InChI is InChI=1S/C16H19N3O3/c1-10-4-5-11-12(9-10)18-16(17-11)13-3-2-8-19(13)14(20)6-7-15(21)22/h4-5,9,13H,2-3,6-8H2,1H3,(H,17,18)(H,21,22). The van der Waals surface area contributed by atoms with Gasteiger partial charge in [-0.3, -0.25) is 9.59 Å². The zero-order valence-electron chi connectivity index (χ0n) is 12.5. The third-order valence-electron chi connectivity index (χ3n) is 4.10. The Kier molecular flexibility index (Phi) is 3.83. The number of rotatable bonds is 4. The van der Waals surface area contributed by atoms with Gasteiger partial charge in [0.05, 0.1) is 23.5 Å². The molecule has 1 aromatic carbocycles. The number of aryl methyl sites for hydroxylation is 1. The summed E-state index contributed by atoms with van der Waals surface area (Å²) in [5, 5.41) is 8.72. The van der Waals surface area contributed by atoms with Gasteiger partial charge in [-0.1, -0.05) is 6.07 Å². The summed E-state index contributed by atoms with van der Waals surface area (Å²) < 4.78 is 0. The van der Waals surface area contributed by atoms with Crippen LogP contribution >= 0.6 is 0 Å². The Morgan fingerprint density at radius 2 is 2.23 bits per heavy atom. The molecule has 3 rings (SSSR count). The van der Waals surface area contributed by atoms with E-state index < -0.39 is 5.97 Å². The van der Waals surface area contributed by atoms with E-state index in [9.17, 15) is 9.59 Å². The minimum absolute atomic E-state index is 0.0468. The van der Waals surface area contributed by atoms with Crippen molar-refractivity contribution in [3.63, 3.8) is 0 Å². The number of amides is 1. The van der Waals surface area contributed by atoms with Gasteiger partial charge in [-0.25, -0.2) is 4.98 Å². The van der Waals surface area contributed by atoms with Gasteiger partial charge in [0.1, 0.15) is 5.82 Å². The lowest BCUT2D eigenvalue weighted by Crippen LogP contribution is -2.31. The molecule has 1 unspecified atom stereocenters. The molecule has 0 saturated carbocycles. The molecule has 1 aliphatic heterocycles. The number of imidazole rings is 1. The van der Waals surface area contributed by atoms with Crippen LogP contribution in [-0.4, -0.2) is 38.4 Å². The van der Waals surface area contributed by atoms with Gasteiger partial charge in [-0.2, -0.15) is 0 Å². The quantitative estimate of drug-likeness (QED) is 0.908. The van der Waals surface area contributed by atoms with Gasteiger partial charge in [0.2, 0.25) is 5.91 Å². The molecule has 0 bridgehead atoms. The van der Waals surface area contributed by atoms with Gasteiger partial charge in [-0.05, 0) is 37.5 Å². The molecule has 0 spiro atoms. The molecule has 0 radical (unpaired) electrons. The van der Waals surface area contributed by atoms with E-state index in [-0.39, 0.29) is 24.8 Å². The SMILES string of the molecule is Cc1ccc2nc(C3CCCN3C(=O)CCC(=O)O)[nH]c2c1. The van der Waals surface area contributed by atoms with E-state index in [1.165, 1.54) is 0 Å². The van der Waals surface area contributed by atoms with Crippen LogP contribution in [-0.2, 0) is 9.59 Å². The lowest BCUT2D eigenvalue weighted by Gasteiger charge is -2.22. The van der Waals surface area contributed by atoms with Crippen molar-refractivity contribution in [3.05, 3.63) is 29.6 Å². The summed E-state index contributed by atoms with van der Waals surface area (Å²) in [4.78, 5) is 32.5. The highest BCUT2D eigenvalue weighted by Gasteiger charge is 2.31. The average molecular weight is 301 g/mol. The van der Waals surface area contributed by atoms with Crippen molar-refractivity contribution in [2.75, 3.05) is 6.54 Å². The van der Waals surface area contributed by atoms with Gasteiger partial charge in [0.15, 0.2) is 0 Å². The second-order valence-electron chi connectivity index (χ2n) is 5.78. The number of carboxylic acid groups (broad SMARTS) is 1. The maximum Gasteiger partial charge on any atom is 0.303 e. The van der Waals surface area contributed by atoms with Crippen molar-refractivity contribution in [1.29, 1.82) is 0 Å². The van der Waals surface area contributed by atoms with Crippen molar-refractivity contribution < 1.29 is 14.7 Å². The second kappa shape index (κ2) is 5.79. The van der Waals surface area contributed by atoms with Gasteiger partial charge < -0.3 is 15.0 Å². The number of nitrogens with zero attached hydrogens (tertiary/aromatic N) is 2. The minimum atomic E-state index is -0.941. The Hall–Kier alpha value is -2.37. The monoisotopic (exact) mass is 301 g/mol. The van der Waals surface area contributed by atoms with Crippen LogP contribution in [0.15, 0.2) is 18.2 Å². The number of H-pyrrole nitrogens is 1. The molecule has 1 fully saturated rings. The number of hydrogen-bond acceptors (Lipinski definition) is 3. The number of carbonyl (C=O) groups excluding carboxylic acids is 1. The van der Waals surface area contributed by atoms with Crippen LogP contribution in [0.3, 0.4) is 0 Å². The molecular weight excluding hydrogens is 282 g/mol. The summed E-state index contributed by atoms with van der Waals surface area (Å²) in [5.74, 6) is -0.258. The van der Waals surface area contributed by atoms with Gasteiger partial charge in [0, 0.05) is 13.0 Å². The predicted octanol–water partition coefficient (Wildman–Crippen LogP) is 2.40. The fourth-order valence-electron chi connectivity index (χ4n) is 3.01. The number of aromatic amines is 1. The molecule has 1 aromatic heterocycles. The number of nitrogens with one attached hydrogen (secondary N) is 1. The van der Waals surface area contributed by atoms with Gasteiger partial charge in [0.25, 0.3) is 0 Å². The summed E-state index contributed by atoms with van der Waals surface area (Å²) in [6, 6.07) is 5.94. The molecule has 1 atom stereocenters. The zero-order chi connectivity index (χ0) is 15.7. The number of carbonyl (C=O) groups is 2. The van der Waals surface area contributed by atoms with Crippen molar-refractivity contribution in [2.24, 2.45) is 0 Å². The maximum atomic E-state index is 12.2. The highest BCUT2D eigenvalue weighted by molar-refractivity contribution is 5.81. The third-order valence-corrected chi connectivity index (χ3v) is 4.10. The molecule has 2 heterocycles. The molecule has 2 aromatic rings. The van der Waals surface area contributed by atoms with Crippen LogP contribution in [0.2, 0.25) is 0 Å². The van der Waals surface area contributed by atoms with Crippen molar-refractivity contribution in [2.45, 2.75) is 38.6 Å². The summed E-state index contributed by atoms with van der Waals surface area (Å²) in [6.07, 6.45) is 1.70. The lowest BCUT2D eigenvalue weighted by molar-refractivity contribution is -0.141. The molecule has 22 heavy (non-hydrogen) atoms. The highest BCUT2D eigenvalue weighted by atomic mass is 16.4. The predicted molar refractivity (Wildman–Crippen MR) is 81.4 cm³/mol. The first-order valence-corrected chi connectivity index (χ1v) is 7.52.